The van der Waals surface area contributed by atoms with E-state index in [2.05, 4.69) is 39.6 Å². The van der Waals surface area contributed by atoms with Crippen molar-refractivity contribution in [2.24, 2.45) is 5.10 Å². The van der Waals surface area contributed by atoms with Crippen molar-refractivity contribution in [3.63, 3.8) is 0 Å². The van der Waals surface area contributed by atoms with E-state index in [4.69, 9.17) is 0 Å². The Labute approximate surface area is 124 Å². The van der Waals surface area contributed by atoms with Crippen LogP contribution in [0.1, 0.15) is 58.1 Å². The van der Waals surface area contributed by atoms with Gasteiger partial charge >= 0.3 is 0 Å². The molecule has 1 aliphatic carbocycles. The molecule has 114 valence electrons. The van der Waals surface area contributed by atoms with Crippen LogP contribution in [0.5, 0.6) is 0 Å². The van der Waals surface area contributed by atoms with E-state index in [1.165, 1.54) is 30.4 Å². The Hall–Kier alpha value is -1.98. The number of aromatic nitrogens is 3. The molecule has 0 amide bonds. The Morgan fingerprint density at radius 1 is 1.24 bits per heavy atom. The summed E-state index contributed by atoms with van der Waals surface area (Å²) in [5.74, 6) is 0.288. The van der Waals surface area contributed by atoms with Gasteiger partial charge in [0.05, 0.1) is 5.71 Å². The van der Waals surface area contributed by atoms with Crippen molar-refractivity contribution in [3.05, 3.63) is 27.2 Å². The Balaban J connectivity index is 2.05. The van der Waals surface area contributed by atoms with Crippen LogP contribution in [0.3, 0.4) is 0 Å². The molecule has 1 aromatic rings. The molecular weight excluding hydrogens is 266 g/mol. The van der Waals surface area contributed by atoms with Gasteiger partial charge in [-0.25, -0.2) is 5.43 Å². The monoisotopic (exact) mass is 289 g/mol. The Bertz CT molecular complexity index is 615. The summed E-state index contributed by atoms with van der Waals surface area (Å²) in [6.45, 7) is 6.01. The zero-order valence-electron chi connectivity index (χ0n) is 13.0. The van der Waals surface area contributed by atoms with Crippen molar-refractivity contribution in [3.8, 4) is 0 Å². The summed E-state index contributed by atoms with van der Waals surface area (Å²) in [6, 6.07) is 0. The van der Waals surface area contributed by atoms with E-state index in [-0.39, 0.29) is 11.5 Å². The molecule has 0 spiro atoms. The molecule has 21 heavy (non-hydrogen) atoms. The van der Waals surface area contributed by atoms with Gasteiger partial charge in [0.1, 0.15) is 5.69 Å². The van der Waals surface area contributed by atoms with E-state index in [9.17, 15) is 4.79 Å². The van der Waals surface area contributed by atoms with Crippen molar-refractivity contribution < 1.29 is 0 Å². The molecule has 0 saturated heterocycles. The van der Waals surface area contributed by atoms with Gasteiger partial charge in [0.2, 0.25) is 5.95 Å². The fourth-order valence-corrected chi connectivity index (χ4v) is 2.45. The number of allylic oxidation sites excluding steroid dienone is 2. The standard InChI is InChI=1S/C15H23N5O/c1-4-5-6-7-12-10(2)8-9-13(12)18-20-15-16-14(21)11(3)17-19-15/h4-9H2,1-3H3,(H2,16,19,20,21). The van der Waals surface area contributed by atoms with Gasteiger partial charge in [-0.3, -0.25) is 9.78 Å². The third-order valence-electron chi connectivity index (χ3n) is 3.79. The number of unbranched alkanes of at least 4 members (excludes halogenated alkanes) is 2. The van der Waals surface area contributed by atoms with E-state index in [0.29, 0.717) is 5.69 Å². The van der Waals surface area contributed by atoms with Crippen LogP contribution in [0.2, 0.25) is 0 Å². The SMILES string of the molecule is CCCCCC1=C(C)CCC1=NNc1nnc(C)c(=O)[nH]1. The highest BCUT2D eigenvalue weighted by molar-refractivity contribution is 6.03. The molecule has 0 saturated carbocycles. The first-order valence-corrected chi connectivity index (χ1v) is 7.57. The zero-order valence-corrected chi connectivity index (χ0v) is 13.0. The normalized spacial score (nSPS) is 16.8. The van der Waals surface area contributed by atoms with Gasteiger partial charge in [-0.1, -0.05) is 25.3 Å². The fourth-order valence-electron chi connectivity index (χ4n) is 2.45. The molecule has 0 atom stereocenters. The van der Waals surface area contributed by atoms with Crippen LogP contribution in [0.4, 0.5) is 5.95 Å². The van der Waals surface area contributed by atoms with E-state index in [1.54, 1.807) is 6.92 Å². The van der Waals surface area contributed by atoms with Crippen LogP contribution >= 0.6 is 0 Å². The Morgan fingerprint density at radius 2 is 2.05 bits per heavy atom. The van der Waals surface area contributed by atoms with Crippen molar-refractivity contribution >= 4 is 11.7 Å². The van der Waals surface area contributed by atoms with Gasteiger partial charge in [-0.15, -0.1) is 10.2 Å². The molecule has 0 fully saturated rings. The van der Waals surface area contributed by atoms with Crippen LogP contribution in [0.25, 0.3) is 0 Å². The number of H-pyrrole nitrogens is 1. The maximum absolute atomic E-state index is 11.5. The van der Waals surface area contributed by atoms with Gasteiger partial charge < -0.3 is 0 Å². The highest BCUT2D eigenvalue weighted by Crippen LogP contribution is 2.27. The van der Waals surface area contributed by atoms with Gasteiger partial charge in [-0.05, 0) is 45.1 Å². The van der Waals surface area contributed by atoms with Crippen molar-refractivity contribution in [1.29, 1.82) is 0 Å². The fraction of sp³-hybridized carbons (Fsp3) is 0.600. The minimum Gasteiger partial charge on any atom is -0.288 e. The number of hydrogen-bond donors (Lipinski definition) is 2. The minimum atomic E-state index is -0.242. The molecule has 0 unspecified atom stereocenters. The number of anilines is 1. The summed E-state index contributed by atoms with van der Waals surface area (Å²) in [6.07, 6.45) is 6.76. The molecule has 0 aliphatic heterocycles. The quantitative estimate of drug-likeness (QED) is 0.623. The number of aryl methyl sites for hydroxylation is 1. The number of hydrogen-bond acceptors (Lipinski definition) is 5. The highest BCUT2D eigenvalue weighted by atomic mass is 16.1. The number of nitrogens with zero attached hydrogens (tertiary/aromatic N) is 3. The number of rotatable bonds is 6. The number of hydrazone groups is 1. The third-order valence-corrected chi connectivity index (χ3v) is 3.79. The van der Waals surface area contributed by atoms with Crippen LogP contribution in [-0.2, 0) is 0 Å². The molecular formula is C15H23N5O. The molecule has 0 bridgehead atoms. The summed E-state index contributed by atoms with van der Waals surface area (Å²) >= 11 is 0. The Kier molecular flexibility index (Phi) is 5.25. The van der Waals surface area contributed by atoms with Crippen LogP contribution in [0.15, 0.2) is 21.0 Å². The summed E-state index contributed by atoms with van der Waals surface area (Å²) in [7, 11) is 0. The first-order chi connectivity index (χ1) is 10.1. The number of nitrogens with one attached hydrogen (secondary N) is 2. The summed E-state index contributed by atoms with van der Waals surface area (Å²) in [5.41, 5.74) is 6.79. The van der Waals surface area contributed by atoms with Crippen LogP contribution in [-0.4, -0.2) is 20.9 Å². The zero-order chi connectivity index (χ0) is 15.2. The largest absolute Gasteiger partial charge is 0.288 e. The van der Waals surface area contributed by atoms with Crippen molar-refractivity contribution in [1.82, 2.24) is 15.2 Å². The lowest BCUT2D eigenvalue weighted by molar-refractivity contribution is 0.720. The molecule has 1 heterocycles. The van der Waals surface area contributed by atoms with E-state index in [1.807, 2.05) is 0 Å². The first-order valence-electron chi connectivity index (χ1n) is 7.57. The molecule has 6 heteroatoms. The maximum atomic E-state index is 11.5. The Morgan fingerprint density at radius 3 is 2.76 bits per heavy atom. The van der Waals surface area contributed by atoms with E-state index < -0.39 is 0 Å². The predicted octanol–water partition coefficient (Wildman–Crippen LogP) is 2.93. The smallest absolute Gasteiger partial charge is 0.274 e. The molecule has 1 aliphatic rings. The van der Waals surface area contributed by atoms with Crippen LogP contribution < -0.4 is 11.0 Å². The minimum absolute atomic E-state index is 0.242. The lowest BCUT2D eigenvalue weighted by atomic mass is 10.0. The van der Waals surface area contributed by atoms with E-state index >= 15 is 0 Å². The number of aromatic amines is 1. The van der Waals surface area contributed by atoms with E-state index in [0.717, 1.165) is 25.0 Å². The first kappa shape index (κ1) is 15.4. The summed E-state index contributed by atoms with van der Waals surface area (Å²) in [5, 5.41) is 12.1. The highest BCUT2D eigenvalue weighted by Gasteiger charge is 2.18. The second kappa shape index (κ2) is 7.15. The third kappa shape index (κ3) is 4.00. The van der Waals surface area contributed by atoms with Crippen LogP contribution in [0, 0.1) is 6.92 Å². The van der Waals surface area contributed by atoms with Gasteiger partial charge in [0, 0.05) is 0 Å². The summed E-state index contributed by atoms with van der Waals surface area (Å²) in [4.78, 5) is 14.1. The second-order valence-corrected chi connectivity index (χ2v) is 5.47. The van der Waals surface area contributed by atoms with Gasteiger partial charge in [-0.2, -0.15) is 5.10 Å². The van der Waals surface area contributed by atoms with Crippen molar-refractivity contribution in [2.75, 3.05) is 5.43 Å². The maximum Gasteiger partial charge on any atom is 0.274 e. The molecule has 2 N–H and O–H groups in total. The molecule has 2 rings (SSSR count). The average Bonchev–Trinajstić information content (AvgIpc) is 2.82. The summed E-state index contributed by atoms with van der Waals surface area (Å²) < 4.78 is 0. The van der Waals surface area contributed by atoms with Gasteiger partial charge in [0.25, 0.3) is 5.56 Å². The van der Waals surface area contributed by atoms with Crippen molar-refractivity contribution in [2.45, 2.75) is 59.3 Å². The molecule has 0 radical (unpaired) electrons. The lowest BCUT2D eigenvalue weighted by Crippen LogP contribution is -2.16. The molecule has 1 aromatic heterocycles. The average molecular weight is 289 g/mol. The second-order valence-electron chi connectivity index (χ2n) is 5.47. The molecule has 6 nitrogen and oxygen atoms in total. The van der Waals surface area contributed by atoms with Gasteiger partial charge in [0.15, 0.2) is 0 Å². The molecule has 0 aromatic carbocycles. The predicted molar refractivity (Wildman–Crippen MR) is 84.5 cm³/mol. The lowest BCUT2D eigenvalue weighted by Gasteiger charge is -2.06. The topological polar surface area (TPSA) is 83.0 Å².